The van der Waals surface area contributed by atoms with Crippen molar-refractivity contribution in [2.45, 2.75) is 19.1 Å². The molecule has 0 saturated heterocycles. The Morgan fingerprint density at radius 3 is 2.25 bits per heavy atom. The molecule has 0 aliphatic heterocycles. The maximum absolute atomic E-state index is 11.5. The van der Waals surface area contributed by atoms with Gasteiger partial charge < -0.3 is 5.11 Å². The zero-order valence-corrected chi connectivity index (χ0v) is 9.83. The molecule has 0 radical (unpaired) electrons. The first kappa shape index (κ1) is 12.7. The van der Waals surface area contributed by atoms with E-state index in [1.54, 1.807) is 0 Å². The van der Waals surface area contributed by atoms with E-state index in [-0.39, 0.29) is 17.1 Å². The van der Waals surface area contributed by atoms with Gasteiger partial charge in [0.1, 0.15) is 0 Å². The van der Waals surface area contributed by atoms with Gasteiger partial charge in [-0.25, -0.2) is 13.2 Å². The summed E-state index contributed by atoms with van der Waals surface area (Å²) >= 11 is 0. The van der Waals surface area contributed by atoms with Gasteiger partial charge in [-0.3, -0.25) is 0 Å². The summed E-state index contributed by atoms with van der Waals surface area (Å²) in [5, 5.41) is 8.67. The summed E-state index contributed by atoms with van der Waals surface area (Å²) in [6.07, 6.45) is 0.593. The Bertz CT molecular complexity index is 459. The number of hydrogen-bond acceptors (Lipinski definition) is 3. The van der Waals surface area contributed by atoms with E-state index in [9.17, 15) is 13.2 Å². The van der Waals surface area contributed by atoms with E-state index in [2.05, 4.69) is 0 Å². The predicted octanol–water partition coefficient (Wildman–Crippen LogP) is 1.71. The van der Waals surface area contributed by atoms with Crippen LogP contribution in [0.4, 0.5) is 0 Å². The Labute approximate surface area is 94.8 Å². The Kier molecular flexibility index (Phi) is 4.06. The van der Waals surface area contributed by atoms with Crippen LogP contribution in [-0.4, -0.2) is 25.2 Å². The highest BCUT2D eigenvalue weighted by Gasteiger charge is 2.11. The predicted molar refractivity (Wildman–Crippen MR) is 61.2 cm³/mol. The van der Waals surface area contributed by atoms with Crippen LogP contribution in [0, 0.1) is 0 Å². The summed E-state index contributed by atoms with van der Waals surface area (Å²) in [5.74, 6) is -0.878. The minimum absolute atomic E-state index is 0.0270. The second-order valence-electron chi connectivity index (χ2n) is 3.59. The van der Waals surface area contributed by atoms with Crippen LogP contribution >= 0.6 is 0 Å². The maximum atomic E-state index is 11.5. The number of carboxylic acid groups (broad SMARTS) is 1. The molecule has 0 spiro atoms. The molecule has 0 heterocycles. The number of sulfone groups is 1. The smallest absolute Gasteiger partial charge is 0.335 e. The molecule has 0 fully saturated rings. The van der Waals surface area contributed by atoms with Crippen molar-refractivity contribution >= 4 is 15.8 Å². The largest absolute Gasteiger partial charge is 0.478 e. The van der Waals surface area contributed by atoms with Crippen molar-refractivity contribution in [3.8, 4) is 0 Å². The molecule has 1 aromatic rings. The highest BCUT2D eigenvalue weighted by atomic mass is 32.2. The summed E-state index contributed by atoms with van der Waals surface area (Å²) in [6.45, 7) is 1.81. The third kappa shape index (κ3) is 3.66. The van der Waals surface area contributed by atoms with Crippen molar-refractivity contribution in [2.75, 3.05) is 5.75 Å². The Hall–Kier alpha value is -1.36. The average Bonchev–Trinajstić information content (AvgIpc) is 2.17. The summed E-state index contributed by atoms with van der Waals surface area (Å²) in [5.41, 5.74) is 0.787. The number of benzene rings is 1. The summed E-state index contributed by atoms with van der Waals surface area (Å²) in [6, 6.07) is 5.91. The van der Waals surface area contributed by atoms with Gasteiger partial charge in [0.25, 0.3) is 0 Å². The van der Waals surface area contributed by atoms with Gasteiger partial charge in [0.15, 0.2) is 9.84 Å². The fraction of sp³-hybridized carbons (Fsp3) is 0.364. The van der Waals surface area contributed by atoms with Crippen LogP contribution in [0.25, 0.3) is 0 Å². The summed E-state index contributed by atoms with van der Waals surface area (Å²) in [4.78, 5) is 10.6. The van der Waals surface area contributed by atoms with Crippen molar-refractivity contribution in [3.05, 3.63) is 35.4 Å². The highest BCUT2D eigenvalue weighted by Crippen LogP contribution is 2.09. The van der Waals surface area contributed by atoms with Crippen LogP contribution in [0.3, 0.4) is 0 Å². The summed E-state index contributed by atoms with van der Waals surface area (Å²) in [7, 11) is -3.07. The standard InChI is InChI=1S/C11H14O4S/c1-2-7-16(14,15)8-9-3-5-10(6-4-9)11(12)13/h3-6H,2,7-8H2,1H3,(H,12,13). The molecular formula is C11H14O4S. The third-order valence-electron chi connectivity index (χ3n) is 2.10. The molecule has 0 atom stereocenters. The second-order valence-corrected chi connectivity index (χ2v) is 5.78. The van der Waals surface area contributed by atoms with Gasteiger partial charge in [0.2, 0.25) is 0 Å². The molecule has 0 aliphatic rings. The molecular weight excluding hydrogens is 228 g/mol. The molecule has 0 amide bonds. The van der Waals surface area contributed by atoms with Crippen LogP contribution in [-0.2, 0) is 15.6 Å². The van der Waals surface area contributed by atoms with Crippen LogP contribution in [0.2, 0.25) is 0 Å². The first-order chi connectivity index (χ1) is 7.44. The van der Waals surface area contributed by atoms with Gasteiger partial charge in [-0.05, 0) is 24.1 Å². The van der Waals surface area contributed by atoms with Crippen molar-refractivity contribution < 1.29 is 18.3 Å². The molecule has 5 heteroatoms. The van der Waals surface area contributed by atoms with Crippen LogP contribution in [0.5, 0.6) is 0 Å². The zero-order valence-electron chi connectivity index (χ0n) is 9.01. The molecule has 0 bridgehead atoms. The lowest BCUT2D eigenvalue weighted by atomic mass is 10.1. The van der Waals surface area contributed by atoms with Gasteiger partial charge >= 0.3 is 5.97 Å². The molecule has 4 nitrogen and oxygen atoms in total. The highest BCUT2D eigenvalue weighted by molar-refractivity contribution is 7.90. The first-order valence-electron chi connectivity index (χ1n) is 4.97. The number of hydrogen-bond donors (Lipinski definition) is 1. The van der Waals surface area contributed by atoms with Crippen molar-refractivity contribution in [2.24, 2.45) is 0 Å². The molecule has 0 aliphatic carbocycles. The number of carbonyl (C=O) groups is 1. The normalized spacial score (nSPS) is 11.3. The molecule has 16 heavy (non-hydrogen) atoms. The molecule has 1 N–H and O–H groups in total. The van der Waals surface area contributed by atoms with Gasteiger partial charge in [0.05, 0.1) is 17.1 Å². The van der Waals surface area contributed by atoms with E-state index >= 15 is 0 Å². The van der Waals surface area contributed by atoms with Crippen LogP contribution < -0.4 is 0 Å². The van der Waals surface area contributed by atoms with E-state index in [4.69, 9.17) is 5.11 Å². The number of carboxylic acids is 1. The van der Waals surface area contributed by atoms with Gasteiger partial charge in [-0.1, -0.05) is 19.1 Å². The Balaban J connectivity index is 2.80. The fourth-order valence-electron chi connectivity index (χ4n) is 1.38. The monoisotopic (exact) mass is 242 g/mol. The average molecular weight is 242 g/mol. The van der Waals surface area contributed by atoms with Crippen molar-refractivity contribution in [1.82, 2.24) is 0 Å². The van der Waals surface area contributed by atoms with Crippen molar-refractivity contribution in [1.29, 1.82) is 0 Å². The van der Waals surface area contributed by atoms with E-state index in [1.165, 1.54) is 24.3 Å². The molecule has 0 aromatic heterocycles. The van der Waals surface area contributed by atoms with Gasteiger partial charge in [-0.2, -0.15) is 0 Å². The minimum atomic E-state index is -3.07. The lowest BCUT2D eigenvalue weighted by molar-refractivity contribution is 0.0697. The number of rotatable bonds is 5. The third-order valence-corrected chi connectivity index (χ3v) is 3.91. The first-order valence-corrected chi connectivity index (χ1v) is 6.79. The van der Waals surface area contributed by atoms with E-state index in [0.717, 1.165) is 0 Å². The topological polar surface area (TPSA) is 71.4 Å². The fourth-order valence-corrected chi connectivity index (χ4v) is 2.85. The van der Waals surface area contributed by atoms with E-state index < -0.39 is 15.8 Å². The van der Waals surface area contributed by atoms with E-state index in [1.807, 2.05) is 6.92 Å². The minimum Gasteiger partial charge on any atom is -0.478 e. The molecule has 0 saturated carbocycles. The maximum Gasteiger partial charge on any atom is 0.335 e. The lowest BCUT2D eigenvalue weighted by Crippen LogP contribution is -2.08. The van der Waals surface area contributed by atoms with E-state index in [0.29, 0.717) is 12.0 Å². The van der Waals surface area contributed by atoms with Crippen molar-refractivity contribution in [3.63, 3.8) is 0 Å². The molecule has 88 valence electrons. The Morgan fingerprint density at radius 1 is 1.25 bits per heavy atom. The van der Waals surface area contributed by atoms with Gasteiger partial charge in [0, 0.05) is 0 Å². The van der Waals surface area contributed by atoms with Crippen LogP contribution in [0.1, 0.15) is 29.3 Å². The van der Waals surface area contributed by atoms with Crippen LogP contribution in [0.15, 0.2) is 24.3 Å². The molecule has 0 unspecified atom stereocenters. The SMILES string of the molecule is CCCS(=O)(=O)Cc1ccc(C(=O)O)cc1. The molecule has 1 aromatic carbocycles. The molecule has 1 rings (SSSR count). The van der Waals surface area contributed by atoms with Gasteiger partial charge in [-0.15, -0.1) is 0 Å². The second kappa shape index (κ2) is 5.12. The summed E-state index contributed by atoms with van der Waals surface area (Å²) < 4.78 is 23.0. The zero-order chi connectivity index (χ0) is 12.2. The Morgan fingerprint density at radius 2 is 1.81 bits per heavy atom. The quantitative estimate of drug-likeness (QED) is 0.853. The lowest BCUT2D eigenvalue weighted by Gasteiger charge is -2.03. The number of aromatic carboxylic acids is 1.